The van der Waals surface area contributed by atoms with E-state index in [4.69, 9.17) is 0 Å². The molecule has 0 atom stereocenters. The fourth-order valence-electron chi connectivity index (χ4n) is 3.22. The molecule has 3 heteroatoms. The van der Waals surface area contributed by atoms with Crippen molar-refractivity contribution in [1.29, 1.82) is 0 Å². The van der Waals surface area contributed by atoms with Gasteiger partial charge in [0.1, 0.15) is 0 Å². The van der Waals surface area contributed by atoms with Crippen LogP contribution in [0.5, 0.6) is 0 Å². The van der Waals surface area contributed by atoms with Crippen molar-refractivity contribution in [3.63, 3.8) is 0 Å². The van der Waals surface area contributed by atoms with Gasteiger partial charge in [-0.2, -0.15) is 0 Å². The Bertz CT molecular complexity index is 255. The van der Waals surface area contributed by atoms with Crippen molar-refractivity contribution in [3.05, 3.63) is 0 Å². The van der Waals surface area contributed by atoms with E-state index >= 15 is 0 Å². The van der Waals surface area contributed by atoms with Gasteiger partial charge in [-0.1, -0.05) is 26.7 Å². The molecule has 1 fully saturated rings. The molecule has 1 aliphatic rings. The van der Waals surface area contributed by atoms with Crippen LogP contribution < -0.4 is 5.32 Å². The van der Waals surface area contributed by atoms with Crippen LogP contribution in [0.15, 0.2) is 0 Å². The number of rotatable bonds is 7. The maximum Gasteiger partial charge on any atom is 0.223 e. The normalized spacial score (nSPS) is 18.3. The molecule has 0 aromatic heterocycles. The Kier molecular flexibility index (Phi) is 6.13. The van der Waals surface area contributed by atoms with Crippen LogP contribution in [0.3, 0.4) is 0 Å². The molecule has 0 aliphatic heterocycles. The molecular formula is C15H30N2O. The van der Waals surface area contributed by atoms with Gasteiger partial charge in [-0.25, -0.2) is 0 Å². The quantitative estimate of drug-likeness (QED) is 0.708. The first-order valence-electron chi connectivity index (χ1n) is 7.36. The molecule has 1 amide bonds. The van der Waals surface area contributed by atoms with Crippen LogP contribution in [0.25, 0.3) is 0 Å². The van der Waals surface area contributed by atoms with Gasteiger partial charge in [-0.05, 0) is 30.6 Å². The van der Waals surface area contributed by atoms with E-state index in [2.05, 4.69) is 19.2 Å². The molecule has 18 heavy (non-hydrogen) atoms. The third-order valence-corrected chi connectivity index (χ3v) is 4.02. The van der Waals surface area contributed by atoms with E-state index in [0.717, 1.165) is 19.0 Å². The molecule has 0 unspecified atom stereocenters. The standard InChI is InChI=1S/C15H30N2O/c1-13(2)11-15(8-5-6-9-15)12-16-10-7-14(18)17(3)4/h13,16H,5-12H2,1-4H3. The number of nitrogens with one attached hydrogen (secondary N) is 1. The average molecular weight is 254 g/mol. The number of nitrogens with zero attached hydrogens (tertiary/aromatic N) is 1. The highest BCUT2D eigenvalue weighted by atomic mass is 16.2. The van der Waals surface area contributed by atoms with E-state index in [1.165, 1.54) is 32.1 Å². The number of hydrogen-bond acceptors (Lipinski definition) is 2. The topological polar surface area (TPSA) is 32.3 Å². The van der Waals surface area contributed by atoms with Crippen molar-refractivity contribution in [2.45, 2.75) is 52.4 Å². The first-order chi connectivity index (χ1) is 8.45. The van der Waals surface area contributed by atoms with Crippen molar-refractivity contribution in [2.24, 2.45) is 11.3 Å². The Balaban J connectivity index is 2.28. The molecule has 1 saturated carbocycles. The SMILES string of the molecule is CC(C)CC1(CNCCC(=O)N(C)C)CCCC1. The summed E-state index contributed by atoms with van der Waals surface area (Å²) in [5.74, 6) is 0.986. The minimum atomic E-state index is 0.215. The highest BCUT2D eigenvalue weighted by Crippen LogP contribution is 2.42. The summed E-state index contributed by atoms with van der Waals surface area (Å²) in [6.45, 7) is 6.54. The Hall–Kier alpha value is -0.570. The van der Waals surface area contributed by atoms with E-state index in [1.807, 2.05) is 14.1 Å². The summed E-state index contributed by atoms with van der Waals surface area (Å²) in [6.07, 6.45) is 7.42. The van der Waals surface area contributed by atoms with E-state index in [1.54, 1.807) is 4.90 Å². The van der Waals surface area contributed by atoms with Gasteiger partial charge in [0.15, 0.2) is 0 Å². The third-order valence-electron chi connectivity index (χ3n) is 4.02. The molecular weight excluding hydrogens is 224 g/mol. The van der Waals surface area contributed by atoms with Crippen molar-refractivity contribution in [3.8, 4) is 0 Å². The van der Waals surface area contributed by atoms with Crippen LogP contribution in [0, 0.1) is 11.3 Å². The van der Waals surface area contributed by atoms with E-state index in [-0.39, 0.29) is 5.91 Å². The lowest BCUT2D eigenvalue weighted by Gasteiger charge is -2.31. The molecule has 1 rings (SSSR count). The lowest BCUT2D eigenvalue weighted by molar-refractivity contribution is -0.128. The van der Waals surface area contributed by atoms with Crippen molar-refractivity contribution in [1.82, 2.24) is 10.2 Å². The number of carbonyl (C=O) groups is 1. The van der Waals surface area contributed by atoms with Crippen LogP contribution in [-0.4, -0.2) is 38.0 Å². The van der Waals surface area contributed by atoms with Gasteiger partial charge in [0.2, 0.25) is 5.91 Å². The van der Waals surface area contributed by atoms with Crippen molar-refractivity contribution >= 4 is 5.91 Å². The van der Waals surface area contributed by atoms with Crippen LogP contribution in [0.1, 0.15) is 52.4 Å². The summed E-state index contributed by atoms with van der Waals surface area (Å²) in [6, 6.07) is 0. The van der Waals surface area contributed by atoms with Gasteiger partial charge in [0.25, 0.3) is 0 Å². The lowest BCUT2D eigenvalue weighted by Crippen LogP contribution is -2.35. The fourth-order valence-corrected chi connectivity index (χ4v) is 3.22. The zero-order valence-corrected chi connectivity index (χ0v) is 12.6. The summed E-state index contributed by atoms with van der Waals surface area (Å²) < 4.78 is 0. The monoisotopic (exact) mass is 254 g/mol. The molecule has 3 nitrogen and oxygen atoms in total. The third kappa shape index (κ3) is 4.97. The summed E-state index contributed by atoms with van der Waals surface area (Å²) in [7, 11) is 3.64. The molecule has 0 aromatic carbocycles. The fraction of sp³-hybridized carbons (Fsp3) is 0.933. The smallest absolute Gasteiger partial charge is 0.223 e. The molecule has 0 aromatic rings. The highest BCUT2D eigenvalue weighted by molar-refractivity contribution is 5.75. The highest BCUT2D eigenvalue weighted by Gasteiger charge is 2.33. The second-order valence-electron chi connectivity index (χ2n) is 6.52. The molecule has 0 heterocycles. The van der Waals surface area contributed by atoms with Gasteiger partial charge < -0.3 is 10.2 Å². The summed E-state index contributed by atoms with van der Waals surface area (Å²) in [5, 5.41) is 3.51. The van der Waals surface area contributed by atoms with E-state index < -0.39 is 0 Å². The Morgan fingerprint density at radius 1 is 1.28 bits per heavy atom. The van der Waals surface area contributed by atoms with Crippen LogP contribution in [-0.2, 0) is 4.79 Å². The molecule has 106 valence electrons. The van der Waals surface area contributed by atoms with Crippen LogP contribution >= 0.6 is 0 Å². The molecule has 0 spiro atoms. The Morgan fingerprint density at radius 2 is 1.89 bits per heavy atom. The number of hydrogen-bond donors (Lipinski definition) is 1. The summed E-state index contributed by atoms with van der Waals surface area (Å²) >= 11 is 0. The first-order valence-corrected chi connectivity index (χ1v) is 7.36. The van der Waals surface area contributed by atoms with Gasteiger partial charge in [0.05, 0.1) is 0 Å². The van der Waals surface area contributed by atoms with Gasteiger partial charge in [-0.15, -0.1) is 0 Å². The first kappa shape index (κ1) is 15.5. The minimum absolute atomic E-state index is 0.215. The molecule has 0 radical (unpaired) electrons. The van der Waals surface area contributed by atoms with Crippen molar-refractivity contribution < 1.29 is 4.79 Å². The molecule has 1 aliphatic carbocycles. The second-order valence-corrected chi connectivity index (χ2v) is 6.52. The zero-order valence-electron chi connectivity index (χ0n) is 12.6. The minimum Gasteiger partial charge on any atom is -0.349 e. The van der Waals surface area contributed by atoms with Gasteiger partial charge >= 0.3 is 0 Å². The summed E-state index contributed by atoms with van der Waals surface area (Å²) in [5.41, 5.74) is 0.509. The lowest BCUT2D eigenvalue weighted by atomic mass is 9.78. The molecule has 0 bridgehead atoms. The number of carbonyl (C=O) groups excluding carboxylic acids is 1. The van der Waals surface area contributed by atoms with Gasteiger partial charge in [0, 0.05) is 33.6 Å². The van der Waals surface area contributed by atoms with E-state index in [9.17, 15) is 4.79 Å². The van der Waals surface area contributed by atoms with Crippen molar-refractivity contribution in [2.75, 3.05) is 27.2 Å². The predicted octanol–water partition coefficient (Wildman–Crippen LogP) is 2.66. The number of amides is 1. The maximum atomic E-state index is 11.5. The van der Waals surface area contributed by atoms with E-state index in [0.29, 0.717) is 11.8 Å². The second kappa shape index (κ2) is 7.13. The molecule has 1 N–H and O–H groups in total. The van der Waals surface area contributed by atoms with Crippen LogP contribution in [0.2, 0.25) is 0 Å². The Morgan fingerprint density at radius 3 is 2.39 bits per heavy atom. The largest absolute Gasteiger partial charge is 0.349 e. The van der Waals surface area contributed by atoms with Crippen LogP contribution in [0.4, 0.5) is 0 Å². The predicted molar refractivity (Wildman–Crippen MR) is 76.5 cm³/mol. The summed E-state index contributed by atoms with van der Waals surface area (Å²) in [4.78, 5) is 13.2. The van der Waals surface area contributed by atoms with Gasteiger partial charge in [-0.3, -0.25) is 4.79 Å². The Labute approximate surface area is 112 Å². The zero-order chi connectivity index (χ0) is 13.6. The average Bonchev–Trinajstić information content (AvgIpc) is 2.72. The maximum absolute atomic E-state index is 11.5. The molecule has 0 saturated heterocycles.